The van der Waals surface area contributed by atoms with Crippen LogP contribution in [0.25, 0.3) is 5.69 Å². The Morgan fingerprint density at radius 2 is 2.12 bits per heavy atom. The van der Waals surface area contributed by atoms with Crippen molar-refractivity contribution in [2.24, 2.45) is 11.7 Å². The first-order valence-electron chi connectivity index (χ1n) is 8.46. The fourth-order valence-corrected chi connectivity index (χ4v) is 3.86. The van der Waals surface area contributed by atoms with Crippen molar-refractivity contribution in [3.05, 3.63) is 36.7 Å². The van der Waals surface area contributed by atoms with E-state index in [2.05, 4.69) is 4.98 Å². The number of methoxy groups -OCH3 is 1. The minimum Gasteiger partial charge on any atom is -0.497 e. The summed E-state index contributed by atoms with van der Waals surface area (Å²) in [5, 5.41) is 0.749. The molecule has 0 aliphatic carbocycles. The van der Waals surface area contributed by atoms with Crippen LogP contribution in [-0.4, -0.2) is 52.2 Å². The monoisotopic (exact) mass is 374 g/mol. The van der Waals surface area contributed by atoms with E-state index in [1.165, 1.54) is 11.8 Å². The van der Waals surface area contributed by atoms with Gasteiger partial charge in [-0.2, -0.15) is 0 Å². The number of hydrogen-bond acceptors (Lipinski definition) is 5. The summed E-state index contributed by atoms with van der Waals surface area (Å²) in [5.41, 5.74) is 6.27. The largest absolute Gasteiger partial charge is 0.497 e. The third-order valence-electron chi connectivity index (χ3n) is 4.51. The highest BCUT2D eigenvalue weighted by Gasteiger charge is 2.26. The Balaban J connectivity index is 1.60. The highest BCUT2D eigenvalue weighted by atomic mass is 32.2. The van der Waals surface area contributed by atoms with Gasteiger partial charge in [0, 0.05) is 37.5 Å². The second-order valence-corrected chi connectivity index (χ2v) is 7.07. The number of primary amides is 1. The number of aromatic nitrogens is 2. The second-order valence-electron chi connectivity index (χ2n) is 6.13. The Bertz CT molecular complexity index is 784. The molecule has 1 saturated heterocycles. The fourth-order valence-electron chi connectivity index (χ4n) is 2.98. The third-order valence-corrected chi connectivity index (χ3v) is 5.46. The van der Waals surface area contributed by atoms with Gasteiger partial charge >= 0.3 is 0 Å². The lowest BCUT2D eigenvalue weighted by Crippen LogP contribution is -2.42. The zero-order valence-corrected chi connectivity index (χ0v) is 15.4. The van der Waals surface area contributed by atoms with Crippen molar-refractivity contribution >= 4 is 23.6 Å². The van der Waals surface area contributed by atoms with Crippen molar-refractivity contribution in [3.8, 4) is 11.4 Å². The molecule has 0 spiro atoms. The number of carbonyl (C=O) groups is 2. The van der Waals surface area contributed by atoms with Crippen molar-refractivity contribution in [1.29, 1.82) is 0 Å². The van der Waals surface area contributed by atoms with Crippen LogP contribution in [0.2, 0.25) is 0 Å². The van der Waals surface area contributed by atoms with E-state index in [9.17, 15) is 9.59 Å². The zero-order valence-electron chi connectivity index (χ0n) is 14.6. The molecular formula is C18H22N4O3S. The van der Waals surface area contributed by atoms with Gasteiger partial charge in [0.2, 0.25) is 11.8 Å². The average Bonchev–Trinajstić information content (AvgIpc) is 3.15. The normalized spacial score (nSPS) is 15.0. The molecule has 2 amide bonds. The van der Waals surface area contributed by atoms with Crippen LogP contribution >= 0.6 is 11.8 Å². The number of carbonyl (C=O) groups excluding carboxylic acids is 2. The third kappa shape index (κ3) is 4.19. The quantitative estimate of drug-likeness (QED) is 0.777. The molecule has 0 unspecified atom stereocenters. The molecule has 1 aliphatic rings. The molecule has 0 bridgehead atoms. The zero-order chi connectivity index (χ0) is 18.5. The van der Waals surface area contributed by atoms with Crippen LogP contribution in [0, 0.1) is 5.92 Å². The van der Waals surface area contributed by atoms with E-state index in [0.29, 0.717) is 31.7 Å². The summed E-state index contributed by atoms with van der Waals surface area (Å²) in [6.45, 7) is 1.16. The molecule has 1 fully saturated rings. The Morgan fingerprint density at radius 3 is 2.81 bits per heavy atom. The summed E-state index contributed by atoms with van der Waals surface area (Å²) >= 11 is 1.40. The van der Waals surface area contributed by atoms with Crippen molar-refractivity contribution in [2.75, 3.05) is 26.0 Å². The Labute approximate surface area is 156 Å². The average molecular weight is 374 g/mol. The molecule has 7 nitrogen and oxygen atoms in total. The van der Waals surface area contributed by atoms with Gasteiger partial charge in [0.25, 0.3) is 0 Å². The number of piperidine rings is 1. The maximum Gasteiger partial charge on any atom is 0.233 e. The number of nitrogens with two attached hydrogens (primary N) is 1. The number of hydrogen-bond donors (Lipinski definition) is 1. The lowest BCUT2D eigenvalue weighted by atomic mass is 9.96. The molecule has 0 saturated carbocycles. The number of imidazole rings is 1. The molecule has 2 heterocycles. The second kappa shape index (κ2) is 8.27. The van der Waals surface area contributed by atoms with Gasteiger partial charge in [0.15, 0.2) is 5.16 Å². The van der Waals surface area contributed by atoms with E-state index in [-0.39, 0.29) is 17.7 Å². The highest BCUT2D eigenvalue weighted by Crippen LogP contribution is 2.24. The van der Waals surface area contributed by atoms with Gasteiger partial charge in [-0.05, 0) is 25.0 Å². The molecule has 2 N–H and O–H groups in total. The van der Waals surface area contributed by atoms with E-state index in [0.717, 1.165) is 16.6 Å². The van der Waals surface area contributed by atoms with E-state index < -0.39 is 0 Å². The molecule has 1 aromatic heterocycles. The summed E-state index contributed by atoms with van der Waals surface area (Å²) in [6.07, 6.45) is 4.86. The van der Waals surface area contributed by atoms with Crippen LogP contribution < -0.4 is 10.5 Å². The molecule has 8 heteroatoms. The van der Waals surface area contributed by atoms with Crippen LogP contribution in [0.15, 0.2) is 41.8 Å². The van der Waals surface area contributed by atoms with E-state index >= 15 is 0 Å². The minimum absolute atomic E-state index is 0.0538. The highest BCUT2D eigenvalue weighted by molar-refractivity contribution is 7.99. The number of rotatable bonds is 6. The van der Waals surface area contributed by atoms with Gasteiger partial charge in [-0.15, -0.1) is 0 Å². The van der Waals surface area contributed by atoms with Gasteiger partial charge in [0.1, 0.15) is 5.75 Å². The summed E-state index contributed by atoms with van der Waals surface area (Å²) in [4.78, 5) is 29.8. The number of ether oxygens (including phenoxy) is 1. The van der Waals surface area contributed by atoms with Crippen LogP contribution in [0.5, 0.6) is 5.75 Å². The van der Waals surface area contributed by atoms with Crippen LogP contribution in [0.4, 0.5) is 0 Å². The summed E-state index contributed by atoms with van der Waals surface area (Å²) in [5.74, 6) is 0.742. The Hall–Kier alpha value is -2.48. The molecule has 1 aliphatic heterocycles. The summed E-state index contributed by atoms with van der Waals surface area (Å²) < 4.78 is 7.19. The van der Waals surface area contributed by atoms with E-state index in [1.807, 2.05) is 35.0 Å². The van der Waals surface area contributed by atoms with Crippen LogP contribution in [0.1, 0.15) is 12.8 Å². The topological polar surface area (TPSA) is 90.5 Å². The predicted molar refractivity (Wildman–Crippen MR) is 99.3 cm³/mol. The molecule has 0 atom stereocenters. The number of nitrogens with zero attached hydrogens (tertiary/aromatic N) is 3. The molecule has 3 rings (SSSR count). The predicted octanol–water partition coefficient (Wildman–Crippen LogP) is 1.70. The van der Waals surface area contributed by atoms with E-state index in [4.69, 9.17) is 10.5 Å². The van der Waals surface area contributed by atoms with Crippen molar-refractivity contribution in [3.63, 3.8) is 0 Å². The number of likely N-dealkylation sites (tertiary alicyclic amines) is 1. The molecular weight excluding hydrogens is 352 g/mol. The lowest BCUT2D eigenvalue weighted by molar-refractivity contribution is -0.132. The molecule has 0 radical (unpaired) electrons. The lowest BCUT2D eigenvalue weighted by Gasteiger charge is -2.30. The van der Waals surface area contributed by atoms with Gasteiger partial charge in [-0.25, -0.2) is 4.98 Å². The van der Waals surface area contributed by atoms with Crippen LogP contribution in [-0.2, 0) is 9.59 Å². The van der Waals surface area contributed by atoms with Crippen molar-refractivity contribution in [2.45, 2.75) is 18.0 Å². The Kier molecular flexibility index (Phi) is 5.82. The van der Waals surface area contributed by atoms with Gasteiger partial charge in [-0.1, -0.05) is 17.8 Å². The smallest absolute Gasteiger partial charge is 0.233 e. The first-order valence-corrected chi connectivity index (χ1v) is 9.44. The SMILES string of the molecule is COc1cccc(-n2ccnc2SCC(=O)N2CCC(C(N)=O)CC2)c1. The Morgan fingerprint density at radius 1 is 1.35 bits per heavy atom. The van der Waals surface area contributed by atoms with Crippen molar-refractivity contribution < 1.29 is 14.3 Å². The van der Waals surface area contributed by atoms with Crippen LogP contribution in [0.3, 0.4) is 0 Å². The number of amides is 2. The molecule has 2 aromatic rings. The maximum absolute atomic E-state index is 12.4. The summed E-state index contributed by atoms with van der Waals surface area (Å²) in [6, 6.07) is 7.68. The van der Waals surface area contributed by atoms with Gasteiger partial charge in [-0.3, -0.25) is 14.2 Å². The number of benzene rings is 1. The first kappa shape index (κ1) is 18.3. The van der Waals surface area contributed by atoms with E-state index in [1.54, 1.807) is 18.2 Å². The maximum atomic E-state index is 12.4. The number of thioether (sulfide) groups is 1. The standard InChI is InChI=1S/C18H22N4O3S/c1-25-15-4-2-3-14(11-15)22-10-7-20-18(22)26-12-16(23)21-8-5-13(6-9-21)17(19)24/h2-4,7,10-11,13H,5-6,8-9,12H2,1H3,(H2,19,24). The van der Waals surface area contributed by atoms with Crippen molar-refractivity contribution in [1.82, 2.24) is 14.5 Å². The molecule has 138 valence electrons. The summed E-state index contributed by atoms with van der Waals surface area (Å²) in [7, 11) is 1.63. The molecule has 26 heavy (non-hydrogen) atoms. The van der Waals surface area contributed by atoms with Gasteiger partial charge in [0.05, 0.1) is 18.6 Å². The van der Waals surface area contributed by atoms with Gasteiger partial charge < -0.3 is 15.4 Å². The minimum atomic E-state index is -0.271. The first-order chi connectivity index (χ1) is 12.6. The fraction of sp³-hybridized carbons (Fsp3) is 0.389. The molecule has 1 aromatic carbocycles.